The fourth-order valence-electron chi connectivity index (χ4n) is 3.06. The minimum atomic E-state index is -4.28. The van der Waals surface area contributed by atoms with Gasteiger partial charge >= 0.3 is 6.18 Å². The number of halogens is 4. The van der Waals surface area contributed by atoms with Gasteiger partial charge in [0, 0.05) is 12.5 Å². The molecule has 0 saturated heterocycles. The van der Waals surface area contributed by atoms with Gasteiger partial charge in [-0.2, -0.15) is 18.3 Å². The molecule has 2 rings (SSSR count). The van der Waals surface area contributed by atoms with E-state index in [4.69, 9.17) is 11.6 Å². The Bertz CT molecular complexity index is 461. The Morgan fingerprint density at radius 3 is 2.70 bits per heavy atom. The van der Waals surface area contributed by atoms with Gasteiger partial charge in [0.15, 0.2) is 0 Å². The Balaban J connectivity index is 2.30. The van der Waals surface area contributed by atoms with Crippen LogP contribution in [0.1, 0.15) is 44.4 Å². The third-order valence-corrected chi connectivity index (χ3v) is 4.35. The molecule has 0 aliphatic heterocycles. The maximum absolute atomic E-state index is 13.1. The molecule has 0 bridgehead atoms. The van der Waals surface area contributed by atoms with Crippen molar-refractivity contribution >= 4 is 11.6 Å². The van der Waals surface area contributed by atoms with Crippen molar-refractivity contribution < 1.29 is 18.3 Å². The zero-order chi connectivity index (χ0) is 14.9. The molecule has 3 unspecified atom stereocenters. The van der Waals surface area contributed by atoms with Crippen LogP contribution in [-0.4, -0.2) is 21.1 Å². The summed E-state index contributed by atoms with van der Waals surface area (Å²) in [7, 11) is 0. The third kappa shape index (κ3) is 2.96. The second-order valence-corrected chi connectivity index (χ2v) is 5.64. The fourth-order valence-corrected chi connectivity index (χ4v) is 3.32. The van der Waals surface area contributed by atoms with Crippen LogP contribution < -0.4 is 0 Å². The van der Waals surface area contributed by atoms with E-state index in [1.165, 1.54) is 10.9 Å². The van der Waals surface area contributed by atoms with Crippen molar-refractivity contribution in [1.29, 1.82) is 0 Å². The van der Waals surface area contributed by atoms with Crippen LogP contribution >= 0.6 is 11.6 Å². The molecule has 20 heavy (non-hydrogen) atoms. The van der Waals surface area contributed by atoms with Crippen molar-refractivity contribution in [2.24, 2.45) is 11.8 Å². The van der Waals surface area contributed by atoms with Crippen molar-refractivity contribution in [3.63, 3.8) is 0 Å². The minimum absolute atomic E-state index is 0.0725. The van der Waals surface area contributed by atoms with E-state index in [1.54, 1.807) is 0 Å². The number of aliphatic hydroxyl groups excluding tert-OH is 1. The molecular weight excluding hydrogens is 293 g/mol. The van der Waals surface area contributed by atoms with Gasteiger partial charge in [-0.15, -0.1) is 0 Å². The molecule has 1 fully saturated rings. The normalized spacial score (nSPS) is 25.7. The van der Waals surface area contributed by atoms with Crippen LogP contribution in [-0.2, 0) is 6.54 Å². The Hall–Kier alpha value is -0.750. The molecular formula is C13H18ClF3N2O. The highest BCUT2D eigenvalue weighted by Crippen LogP contribution is 2.47. The van der Waals surface area contributed by atoms with Gasteiger partial charge in [0.25, 0.3) is 0 Å². The van der Waals surface area contributed by atoms with Crippen molar-refractivity contribution in [2.45, 2.75) is 51.4 Å². The number of aromatic nitrogens is 2. The molecule has 3 atom stereocenters. The molecule has 3 nitrogen and oxygen atoms in total. The first-order valence-electron chi connectivity index (χ1n) is 6.82. The summed E-state index contributed by atoms with van der Waals surface area (Å²) in [6, 6.07) is 0. The first-order valence-corrected chi connectivity index (χ1v) is 7.20. The topological polar surface area (TPSA) is 38.0 Å². The average Bonchev–Trinajstić information content (AvgIpc) is 2.78. The molecule has 1 aromatic heterocycles. The number of aliphatic hydroxyl groups is 1. The van der Waals surface area contributed by atoms with Crippen LogP contribution in [0.4, 0.5) is 13.2 Å². The Morgan fingerprint density at radius 1 is 1.45 bits per heavy atom. The smallest absolute Gasteiger partial charge is 0.386 e. The fraction of sp³-hybridized carbons (Fsp3) is 0.769. The summed E-state index contributed by atoms with van der Waals surface area (Å²) in [6.07, 6.45) is -2.46. The highest BCUT2D eigenvalue weighted by Gasteiger charge is 2.48. The Kier molecular flexibility index (Phi) is 4.64. The molecule has 0 aromatic carbocycles. The first-order chi connectivity index (χ1) is 9.36. The van der Waals surface area contributed by atoms with Crippen LogP contribution in [0.15, 0.2) is 6.20 Å². The lowest BCUT2D eigenvalue weighted by Crippen LogP contribution is -2.36. The Labute approximate surface area is 120 Å². The summed E-state index contributed by atoms with van der Waals surface area (Å²) in [5, 5.41) is 14.6. The molecule has 0 spiro atoms. The Morgan fingerprint density at radius 2 is 2.10 bits per heavy atom. The monoisotopic (exact) mass is 310 g/mol. The van der Waals surface area contributed by atoms with E-state index in [0.717, 1.165) is 0 Å². The van der Waals surface area contributed by atoms with Gasteiger partial charge in [0.2, 0.25) is 0 Å². The number of rotatable bonds is 3. The van der Waals surface area contributed by atoms with E-state index in [9.17, 15) is 18.3 Å². The molecule has 1 aliphatic rings. The molecule has 0 amide bonds. The molecule has 1 N–H and O–H groups in total. The SMILES string of the molecule is CCn1ncc(Cl)c1C(O)C1CCCCC1C(F)(F)F. The lowest BCUT2D eigenvalue weighted by atomic mass is 9.75. The summed E-state index contributed by atoms with van der Waals surface area (Å²) in [5.41, 5.74) is 0.301. The van der Waals surface area contributed by atoms with Crippen LogP contribution in [0.3, 0.4) is 0 Å². The lowest BCUT2D eigenvalue weighted by Gasteiger charge is -2.36. The van der Waals surface area contributed by atoms with Crippen LogP contribution in [0.5, 0.6) is 0 Å². The second kappa shape index (κ2) is 5.93. The maximum atomic E-state index is 13.1. The van der Waals surface area contributed by atoms with E-state index < -0.39 is 24.1 Å². The van der Waals surface area contributed by atoms with Gasteiger partial charge in [-0.25, -0.2) is 0 Å². The van der Waals surface area contributed by atoms with Crippen LogP contribution in [0.2, 0.25) is 5.02 Å². The van der Waals surface area contributed by atoms with Crippen LogP contribution in [0, 0.1) is 11.8 Å². The number of hydrogen-bond acceptors (Lipinski definition) is 2. The number of nitrogens with zero attached hydrogens (tertiary/aromatic N) is 2. The zero-order valence-electron chi connectivity index (χ0n) is 11.2. The summed E-state index contributed by atoms with van der Waals surface area (Å²) in [4.78, 5) is 0. The maximum Gasteiger partial charge on any atom is 0.392 e. The predicted molar refractivity (Wildman–Crippen MR) is 69.4 cm³/mol. The first kappa shape index (κ1) is 15.6. The molecule has 1 aliphatic carbocycles. The number of alkyl halides is 3. The summed E-state index contributed by atoms with van der Waals surface area (Å²) < 4.78 is 40.8. The van der Waals surface area contributed by atoms with Crippen molar-refractivity contribution in [3.05, 3.63) is 16.9 Å². The van der Waals surface area contributed by atoms with Gasteiger partial charge in [-0.05, 0) is 19.8 Å². The molecule has 114 valence electrons. The van der Waals surface area contributed by atoms with E-state index in [-0.39, 0.29) is 11.4 Å². The summed E-state index contributed by atoms with van der Waals surface area (Å²) >= 11 is 5.98. The van der Waals surface area contributed by atoms with E-state index in [1.807, 2.05) is 6.92 Å². The predicted octanol–water partition coefficient (Wildman–Crippen LogP) is 3.96. The second-order valence-electron chi connectivity index (χ2n) is 5.23. The average molecular weight is 311 g/mol. The minimum Gasteiger partial charge on any atom is -0.386 e. The highest BCUT2D eigenvalue weighted by atomic mass is 35.5. The molecule has 0 radical (unpaired) electrons. The zero-order valence-corrected chi connectivity index (χ0v) is 12.0. The van der Waals surface area contributed by atoms with Gasteiger partial charge in [0.1, 0.15) is 6.10 Å². The van der Waals surface area contributed by atoms with Crippen molar-refractivity contribution in [2.75, 3.05) is 0 Å². The van der Waals surface area contributed by atoms with Crippen molar-refractivity contribution in [1.82, 2.24) is 9.78 Å². The van der Waals surface area contributed by atoms with Gasteiger partial charge < -0.3 is 5.11 Å². The molecule has 1 heterocycles. The van der Waals surface area contributed by atoms with Crippen molar-refractivity contribution in [3.8, 4) is 0 Å². The molecule has 7 heteroatoms. The third-order valence-electron chi connectivity index (χ3n) is 4.06. The standard InChI is InChI=1S/C13H18ClF3N2O/c1-2-19-11(10(14)7-18-19)12(20)8-5-3-4-6-9(8)13(15,16)17/h7-9,12,20H,2-6H2,1H3. The quantitative estimate of drug-likeness (QED) is 0.917. The number of hydrogen-bond donors (Lipinski definition) is 1. The van der Waals surface area contributed by atoms with E-state index >= 15 is 0 Å². The summed E-state index contributed by atoms with van der Waals surface area (Å²) in [6.45, 7) is 2.27. The van der Waals surface area contributed by atoms with Gasteiger partial charge in [-0.3, -0.25) is 4.68 Å². The number of aryl methyl sites for hydroxylation is 1. The van der Waals surface area contributed by atoms with Gasteiger partial charge in [0.05, 0.1) is 22.8 Å². The molecule has 1 aromatic rings. The lowest BCUT2D eigenvalue weighted by molar-refractivity contribution is -0.207. The van der Waals surface area contributed by atoms with E-state index in [0.29, 0.717) is 31.5 Å². The van der Waals surface area contributed by atoms with Crippen LogP contribution in [0.25, 0.3) is 0 Å². The largest absolute Gasteiger partial charge is 0.392 e. The van der Waals surface area contributed by atoms with E-state index in [2.05, 4.69) is 5.10 Å². The summed E-state index contributed by atoms with van der Waals surface area (Å²) in [5.74, 6) is -2.31. The highest BCUT2D eigenvalue weighted by molar-refractivity contribution is 6.31. The molecule has 1 saturated carbocycles. The van der Waals surface area contributed by atoms with Gasteiger partial charge in [-0.1, -0.05) is 24.4 Å².